The number of rotatable bonds is 4. The molecule has 1 aromatic carbocycles. The molecule has 24 heavy (non-hydrogen) atoms. The van der Waals surface area contributed by atoms with Crippen LogP contribution in [0.15, 0.2) is 41.8 Å². The molecule has 1 amide bonds. The molecule has 2 atom stereocenters. The van der Waals surface area contributed by atoms with E-state index in [9.17, 15) is 4.79 Å². The summed E-state index contributed by atoms with van der Waals surface area (Å²) in [6.07, 6.45) is 3.92. The number of nitrogens with zero attached hydrogens (tertiary/aromatic N) is 3. The van der Waals surface area contributed by atoms with Crippen LogP contribution < -0.4 is 0 Å². The van der Waals surface area contributed by atoms with E-state index in [0.717, 1.165) is 16.5 Å². The summed E-state index contributed by atoms with van der Waals surface area (Å²) >= 11 is 1.69. The van der Waals surface area contributed by atoms with Crippen LogP contribution in [0.3, 0.4) is 0 Å². The number of ether oxygens (including phenoxy) is 1. The number of imidazole rings is 1. The predicted molar refractivity (Wildman–Crippen MR) is 95.1 cm³/mol. The van der Waals surface area contributed by atoms with Gasteiger partial charge in [0.15, 0.2) is 5.16 Å². The number of carbonyl (C=O) groups excluding carboxylic acids is 1. The standard InChI is InChI=1S/C18H23N3O2S/c1-13-10-21(11-14(2)23-13)17(22)16-6-4-15(5-7-16)12-24-18-19-8-9-20(18)3/h4-9,13-14H,10-12H2,1-3H3. The van der Waals surface area contributed by atoms with Crippen LogP contribution in [0.25, 0.3) is 0 Å². The van der Waals surface area contributed by atoms with Gasteiger partial charge in [-0.15, -0.1) is 0 Å². The van der Waals surface area contributed by atoms with Crippen molar-refractivity contribution < 1.29 is 9.53 Å². The Labute approximate surface area is 147 Å². The topological polar surface area (TPSA) is 47.4 Å². The first-order valence-corrected chi connectivity index (χ1v) is 9.15. The van der Waals surface area contributed by atoms with E-state index >= 15 is 0 Å². The lowest BCUT2D eigenvalue weighted by Crippen LogP contribution is -2.48. The number of morpholine rings is 1. The molecule has 0 saturated carbocycles. The molecule has 5 nitrogen and oxygen atoms in total. The molecule has 128 valence electrons. The van der Waals surface area contributed by atoms with E-state index in [4.69, 9.17) is 4.74 Å². The van der Waals surface area contributed by atoms with Crippen molar-refractivity contribution in [3.8, 4) is 0 Å². The van der Waals surface area contributed by atoms with Crippen LogP contribution in [-0.2, 0) is 17.5 Å². The van der Waals surface area contributed by atoms with E-state index < -0.39 is 0 Å². The quantitative estimate of drug-likeness (QED) is 0.800. The molecule has 0 aliphatic carbocycles. The number of carbonyl (C=O) groups is 1. The van der Waals surface area contributed by atoms with Crippen LogP contribution in [0.1, 0.15) is 29.8 Å². The fraction of sp³-hybridized carbons (Fsp3) is 0.444. The minimum Gasteiger partial charge on any atom is -0.372 e. The van der Waals surface area contributed by atoms with Gasteiger partial charge in [-0.1, -0.05) is 23.9 Å². The summed E-state index contributed by atoms with van der Waals surface area (Å²) in [6.45, 7) is 5.32. The van der Waals surface area contributed by atoms with Crippen LogP contribution in [-0.4, -0.2) is 45.7 Å². The van der Waals surface area contributed by atoms with Crippen molar-refractivity contribution in [2.45, 2.75) is 37.0 Å². The van der Waals surface area contributed by atoms with Gasteiger partial charge in [-0.25, -0.2) is 4.98 Å². The first kappa shape index (κ1) is 17.0. The molecule has 3 rings (SSSR count). The fourth-order valence-electron chi connectivity index (χ4n) is 2.91. The summed E-state index contributed by atoms with van der Waals surface area (Å²) in [5.41, 5.74) is 1.92. The maximum absolute atomic E-state index is 12.6. The van der Waals surface area contributed by atoms with E-state index in [1.54, 1.807) is 18.0 Å². The third-order valence-electron chi connectivity index (χ3n) is 4.05. The largest absolute Gasteiger partial charge is 0.372 e. The van der Waals surface area contributed by atoms with Crippen molar-refractivity contribution in [3.63, 3.8) is 0 Å². The lowest BCUT2D eigenvalue weighted by atomic mass is 10.1. The molecule has 0 spiro atoms. The Morgan fingerprint density at radius 2 is 1.92 bits per heavy atom. The average molecular weight is 345 g/mol. The molecule has 1 aliphatic heterocycles. The van der Waals surface area contributed by atoms with Gasteiger partial charge in [0.05, 0.1) is 12.2 Å². The second kappa shape index (κ2) is 7.40. The number of thioether (sulfide) groups is 1. The highest BCUT2D eigenvalue weighted by Crippen LogP contribution is 2.21. The van der Waals surface area contributed by atoms with Gasteiger partial charge in [0.2, 0.25) is 0 Å². The summed E-state index contributed by atoms with van der Waals surface area (Å²) in [4.78, 5) is 18.8. The van der Waals surface area contributed by atoms with Gasteiger partial charge >= 0.3 is 0 Å². The van der Waals surface area contributed by atoms with Crippen molar-refractivity contribution >= 4 is 17.7 Å². The van der Waals surface area contributed by atoms with Gasteiger partial charge in [0, 0.05) is 43.8 Å². The first-order chi connectivity index (χ1) is 11.5. The average Bonchev–Trinajstić information content (AvgIpc) is 2.97. The number of aromatic nitrogens is 2. The minimum absolute atomic E-state index is 0.0836. The zero-order valence-corrected chi connectivity index (χ0v) is 15.1. The van der Waals surface area contributed by atoms with Gasteiger partial charge in [0.1, 0.15) is 0 Å². The summed E-state index contributed by atoms with van der Waals surface area (Å²) < 4.78 is 7.70. The maximum atomic E-state index is 12.6. The highest BCUT2D eigenvalue weighted by atomic mass is 32.2. The highest BCUT2D eigenvalue weighted by Gasteiger charge is 2.26. The van der Waals surface area contributed by atoms with Crippen LogP contribution in [0, 0.1) is 0 Å². The van der Waals surface area contributed by atoms with Gasteiger partial charge in [-0.2, -0.15) is 0 Å². The van der Waals surface area contributed by atoms with E-state index in [2.05, 4.69) is 4.98 Å². The van der Waals surface area contributed by atoms with E-state index in [1.807, 2.05) is 60.8 Å². The molecular weight excluding hydrogens is 322 g/mol. The maximum Gasteiger partial charge on any atom is 0.254 e. The number of amides is 1. The molecule has 2 unspecified atom stereocenters. The second-order valence-electron chi connectivity index (χ2n) is 6.27. The number of aryl methyl sites for hydroxylation is 1. The van der Waals surface area contributed by atoms with Gasteiger partial charge in [-0.3, -0.25) is 4.79 Å². The number of hydrogen-bond acceptors (Lipinski definition) is 4. The third-order valence-corrected chi connectivity index (χ3v) is 5.18. The Morgan fingerprint density at radius 3 is 2.50 bits per heavy atom. The van der Waals surface area contributed by atoms with Crippen molar-refractivity contribution in [1.29, 1.82) is 0 Å². The van der Waals surface area contributed by atoms with Crippen molar-refractivity contribution in [2.24, 2.45) is 7.05 Å². The molecule has 0 bridgehead atoms. The molecule has 1 aromatic heterocycles. The Balaban J connectivity index is 1.61. The molecule has 0 radical (unpaired) electrons. The zero-order valence-electron chi connectivity index (χ0n) is 14.3. The Kier molecular flexibility index (Phi) is 5.26. The third kappa shape index (κ3) is 3.99. The van der Waals surface area contributed by atoms with Crippen molar-refractivity contribution in [1.82, 2.24) is 14.5 Å². The van der Waals surface area contributed by atoms with Gasteiger partial charge in [-0.05, 0) is 31.5 Å². The van der Waals surface area contributed by atoms with E-state index in [-0.39, 0.29) is 18.1 Å². The zero-order chi connectivity index (χ0) is 17.1. The fourth-order valence-corrected chi connectivity index (χ4v) is 3.80. The molecular formula is C18H23N3O2S. The first-order valence-electron chi connectivity index (χ1n) is 8.16. The number of hydrogen-bond donors (Lipinski definition) is 0. The highest BCUT2D eigenvalue weighted by molar-refractivity contribution is 7.98. The van der Waals surface area contributed by atoms with Crippen LogP contribution >= 0.6 is 11.8 Å². The SMILES string of the molecule is CC1CN(C(=O)c2ccc(CSc3nccn3C)cc2)CC(C)O1. The molecule has 1 fully saturated rings. The lowest BCUT2D eigenvalue weighted by Gasteiger charge is -2.35. The van der Waals surface area contributed by atoms with E-state index in [1.165, 1.54) is 5.56 Å². The Morgan fingerprint density at radius 1 is 1.25 bits per heavy atom. The summed E-state index contributed by atoms with van der Waals surface area (Å²) in [5, 5.41) is 0.992. The normalized spacial score (nSPS) is 21.0. The molecule has 1 saturated heterocycles. The molecule has 2 heterocycles. The Bertz CT molecular complexity index is 689. The molecule has 0 N–H and O–H groups in total. The summed E-state index contributed by atoms with van der Waals surface area (Å²) in [5.74, 6) is 0.922. The summed E-state index contributed by atoms with van der Waals surface area (Å²) in [7, 11) is 1.99. The Hall–Kier alpha value is -1.79. The van der Waals surface area contributed by atoms with Gasteiger partial charge < -0.3 is 14.2 Å². The number of benzene rings is 1. The predicted octanol–water partition coefficient (Wildman–Crippen LogP) is 2.96. The molecule has 1 aliphatic rings. The van der Waals surface area contributed by atoms with Crippen LogP contribution in [0.4, 0.5) is 0 Å². The van der Waals surface area contributed by atoms with Crippen molar-refractivity contribution in [3.05, 3.63) is 47.8 Å². The van der Waals surface area contributed by atoms with Gasteiger partial charge in [0.25, 0.3) is 5.91 Å². The summed E-state index contributed by atoms with van der Waals surface area (Å²) in [6, 6.07) is 7.88. The second-order valence-corrected chi connectivity index (χ2v) is 7.22. The van der Waals surface area contributed by atoms with Crippen molar-refractivity contribution in [2.75, 3.05) is 13.1 Å². The molecule has 6 heteroatoms. The minimum atomic E-state index is 0.0836. The van der Waals surface area contributed by atoms with Crippen LogP contribution in [0.5, 0.6) is 0 Å². The monoisotopic (exact) mass is 345 g/mol. The smallest absolute Gasteiger partial charge is 0.254 e. The molecule has 2 aromatic rings. The lowest BCUT2D eigenvalue weighted by molar-refractivity contribution is -0.0586. The van der Waals surface area contributed by atoms with Crippen LogP contribution in [0.2, 0.25) is 0 Å². The van der Waals surface area contributed by atoms with E-state index in [0.29, 0.717) is 13.1 Å².